The lowest BCUT2D eigenvalue weighted by atomic mass is 10.1. The number of guanidine groups is 1. The van der Waals surface area contributed by atoms with E-state index in [1.807, 2.05) is 6.07 Å². The second-order valence-electron chi connectivity index (χ2n) is 5.34. The molecule has 6 nitrogen and oxygen atoms in total. The van der Waals surface area contributed by atoms with Crippen LogP contribution < -0.4 is 10.6 Å². The molecule has 0 aromatic heterocycles. The highest BCUT2D eigenvalue weighted by atomic mass is 32.2. The number of nitrogens with one attached hydrogen (secondary N) is 2. The van der Waals surface area contributed by atoms with E-state index in [1.165, 1.54) is 10.4 Å². The van der Waals surface area contributed by atoms with Crippen molar-refractivity contribution in [1.29, 1.82) is 0 Å². The van der Waals surface area contributed by atoms with Gasteiger partial charge in [-0.25, -0.2) is 17.1 Å². The molecule has 0 aliphatic rings. The van der Waals surface area contributed by atoms with Gasteiger partial charge in [0.25, 0.3) is 0 Å². The van der Waals surface area contributed by atoms with Crippen LogP contribution in [0.15, 0.2) is 29.3 Å². The van der Waals surface area contributed by atoms with Gasteiger partial charge in [-0.15, -0.1) is 0 Å². The first-order valence-corrected chi connectivity index (χ1v) is 9.63. The quantitative estimate of drug-likeness (QED) is 0.395. The number of aliphatic imine (C=N–C) groups is 1. The standard InChI is InChI=1S/C16H27FN4O2S/c1-4-24(22,23)21(3)13-7-11-19-16(18-2)20-12-10-14-8-5-6-9-15(14)17/h5-6,8-9H,4,7,10-13H2,1-3H3,(H2,18,19,20). The number of hydrogen-bond donors (Lipinski definition) is 2. The first-order valence-electron chi connectivity index (χ1n) is 8.02. The Bertz CT molecular complexity index is 635. The molecule has 0 bridgehead atoms. The molecular weight excluding hydrogens is 331 g/mol. The summed E-state index contributed by atoms with van der Waals surface area (Å²) >= 11 is 0. The van der Waals surface area contributed by atoms with Gasteiger partial charge in [-0.3, -0.25) is 4.99 Å². The van der Waals surface area contributed by atoms with Crippen LogP contribution >= 0.6 is 0 Å². The number of nitrogens with zero attached hydrogens (tertiary/aromatic N) is 2. The van der Waals surface area contributed by atoms with Crippen molar-refractivity contribution in [2.45, 2.75) is 19.8 Å². The molecule has 0 aliphatic heterocycles. The summed E-state index contributed by atoms with van der Waals surface area (Å²) in [4.78, 5) is 4.09. The van der Waals surface area contributed by atoms with Gasteiger partial charge in [-0.2, -0.15) is 0 Å². The summed E-state index contributed by atoms with van der Waals surface area (Å²) in [7, 11) is 0.113. The van der Waals surface area contributed by atoms with Crippen LogP contribution in [0.3, 0.4) is 0 Å². The highest BCUT2D eigenvalue weighted by Gasteiger charge is 2.13. The maximum Gasteiger partial charge on any atom is 0.213 e. The summed E-state index contributed by atoms with van der Waals surface area (Å²) in [6, 6.07) is 6.69. The first kappa shape index (κ1) is 20.4. The fourth-order valence-electron chi connectivity index (χ4n) is 2.11. The van der Waals surface area contributed by atoms with Gasteiger partial charge in [0.1, 0.15) is 5.82 Å². The minimum atomic E-state index is -3.13. The van der Waals surface area contributed by atoms with Gasteiger partial charge < -0.3 is 10.6 Å². The van der Waals surface area contributed by atoms with Crippen LogP contribution in [0.4, 0.5) is 4.39 Å². The second-order valence-corrected chi connectivity index (χ2v) is 7.71. The molecule has 0 unspecified atom stereocenters. The molecule has 0 saturated heterocycles. The van der Waals surface area contributed by atoms with Gasteiger partial charge >= 0.3 is 0 Å². The monoisotopic (exact) mass is 358 g/mol. The fraction of sp³-hybridized carbons (Fsp3) is 0.562. The molecular formula is C16H27FN4O2S. The zero-order chi connectivity index (χ0) is 18.0. The lowest BCUT2D eigenvalue weighted by Crippen LogP contribution is -2.40. The highest BCUT2D eigenvalue weighted by Crippen LogP contribution is 2.06. The Kier molecular flexibility index (Phi) is 8.70. The summed E-state index contributed by atoms with van der Waals surface area (Å²) in [5.74, 6) is 0.519. The summed E-state index contributed by atoms with van der Waals surface area (Å²) in [5.41, 5.74) is 0.659. The molecule has 0 heterocycles. The average molecular weight is 358 g/mol. The van der Waals surface area contributed by atoms with Gasteiger partial charge in [0.2, 0.25) is 10.0 Å². The Morgan fingerprint density at radius 3 is 2.54 bits per heavy atom. The molecule has 1 rings (SSSR count). The number of rotatable bonds is 9. The number of sulfonamides is 1. The van der Waals surface area contributed by atoms with Gasteiger partial charge in [0, 0.05) is 33.7 Å². The van der Waals surface area contributed by atoms with Crippen molar-refractivity contribution in [3.05, 3.63) is 35.6 Å². The molecule has 0 saturated carbocycles. The summed E-state index contributed by atoms with van der Waals surface area (Å²) in [6.45, 7) is 3.24. The zero-order valence-corrected chi connectivity index (χ0v) is 15.4. The van der Waals surface area contributed by atoms with E-state index in [1.54, 1.807) is 33.2 Å². The predicted octanol–water partition coefficient (Wildman–Crippen LogP) is 1.20. The maximum absolute atomic E-state index is 13.5. The number of benzene rings is 1. The van der Waals surface area contributed by atoms with E-state index in [0.29, 0.717) is 44.0 Å². The second kappa shape index (κ2) is 10.2. The summed E-state index contributed by atoms with van der Waals surface area (Å²) in [5, 5.41) is 6.23. The maximum atomic E-state index is 13.5. The molecule has 0 fully saturated rings. The van der Waals surface area contributed by atoms with Crippen LogP contribution in [-0.4, -0.2) is 58.2 Å². The molecule has 1 aromatic carbocycles. The molecule has 1 aromatic rings. The first-order chi connectivity index (χ1) is 11.4. The van der Waals surface area contributed by atoms with E-state index < -0.39 is 10.0 Å². The summed E-state index contributed by atoms with van der Waals surface area (Å²) in [6.07, 6.45) is 1.23. The minimum Gasteiger partial charge on any atom is -0.356 e. The Balaban J connectivity index is 2.27. The zero-order valence-electron chi connectivity index (χ0n) is 14.5. The van der Waals surface area contributed by atoms with E-state index in [4.69, 9.17) is 0 Å². The van der Waals surface area contributed by atoms with Crippen LogP contribution in [0.25, 0.3) is 0 Å². The van der Waals surface area contributed by atoms with Crippen molar-refractivity contribution in [2.75, 3.05) is 39.5 Å². The average Bonchev–Trinajstić information content (AvgIpc) is 2.58. The van der Waals surface area contributed by atoms with Crippen LogP contribution in [0.5, 0.6) is 0 Å². The van der Waals surface area contributed by atoms with Crippen LogP contribution in [0.2, 0.25) is 0 Å². The Labute approximate surface area is 144 Å². The lowest BCUT2D eigenvalue weighted by molar-refractivity contribution is 0.461. The van der Waals surface area contributed by atoms with Crippen molar-refractivity contribution in [3.63, 3.8) is 0 Å². The highest BCUT2D eigenvalue weighted by molar-refractivity contribution is 7.89. The van der Waals surface area contributed by atoms with E-state index in [0.717, 1.165) is 0 Å². The molecule has 0 spiro atoms. The topological polar surface area (TPSA) is 73.8 Å². The van der Waals surface area contributed by atoms with Crippen molar-refractivity contribution < 1.29 is 12.8 Å². The Hall–Kier alpha value is -1.67. The predicted molar refractivity (Wildman–Crippen MR) is 96.2 cm³/mol. The Morgan fingerprint density at radius 1 is 1.25 bits per heavy atom. The smallest absolute Gasteiger partial charge is 0.213 e. The van der Waals surface area contributed by atoms with E-state index in [9.17, 15) is 12.8 Å². The van der Waals surface area contributed by atoms with Crippen molar-refractivity contribution >= 4 is 16.0 Å². The third-order valence-electron chi connectivity index (χ3n) is 3.65. The molecule has 2 N–H and O–H groups in total. The van der Waals surface area contributed by atoms with Crippen LogP contribution in [0.1, 0.15) is 18.9 Å². The van der Waals surface area contributed by atoms with E-state index in [-0.39, 0.29) is 11.6 Å². The molecule has 8 heteroatoms. The normalized spacial score (nSPS) is 12.5. The van der Waals surface area contributed by atoms with E-state index in [2.05, 4.69) is 15.6 Å². The minimum absolute atomic E-state index is 0.107. The van der Waals surface area contributed by atoms with Crippen molar-refractivity contribution in [1.82, 2.24) is 14.9 Å². The van der Waals surface area contributed by atoms with Crippen molar-refractivity contribution in [2.24, 2.45) is 4.99 Å². The van der Waals surface area contributed by atoms with Gasteiger partial charge in [0.05, 0.1) is 5.75 Å². The SMILES string of the molecule is CCS(=O)(=O)N(C)CCCNC(=NC)NCCc1ccccc1F. The van der Waals surface area contributed by atoms with Gasteiger partial charge in [-0.05, 0) is 31.4 Å². The lowest BCUT2D eigenvalue weighted by Gasteiger charge is -2.17. The summed E-state index contributed by atoms with van der Waals surface area (Å²) < 4.78 is 38.1. The third kappa shape index (κ3) is 6.84. The molecule has 0 amide bonds. The number of halogens is 1. The third-order valence-corrected chi connectivity index (χ3v) is 5.51. The molecule has 136 valence electrons. The Morgan fingerprint density at radius 2 is 1.92 bits per heavy atom. The van der Waals surface area contributed by atoms with Crippen LogP contribution in [-0.2, 0) is 16.4 Å². The molecule has 24 heavy (non-hydrogen) atoms. The number of hydrogen-bond acceptors (Lipinski definition) is 3. The molecule has 0 radical (unpaired) electrons. The van der Waals surface area contributed by atoms with Crippen LogP contribution in [0, 0.1) is 5.82 Å². The van der Waals surface area contributed by atoms with Crippen molar-refractivity contribution in [3.8, 4) is 0 Å². The fourth-order valence-corrected chi connectivity index (χ4v) is 2.95. The molecule has 0 atom stereocenters. The van der Waals surface area contributed by atoms with Gasteiger partial charge in [-0.1, -0.05) is 18.2 Å². The molecule has 0 aliphatic carbocycles. The van der Waals surface area contributed by atoms with E-state index >= 15 is 0 Å². The van der Waals surface area contributed by atoms with Gasteiger partial charge in [0.15, 0.2) is 5.96 Å². The largest absolute Gasteiger partial charge is 0.356 e.